The molecule has 2 nitrogen and oxygen atoms in total. The van der Waals surface area contributed by atoms with E-state index in [1.54, 1.807) is 0 Å². The van der Waals surface area contributed by atoms with Gasteiger partial charge in [-0.3, -0.25) is 0 Å². The Bertz CT molecular complexity index is 3100. The highest BCUT2D eigenvalue weighted by molar-refractivity contribution is 6.99. The molecule has 2 aliphatic rings. The van der Waals surface area contributed by atoms with Crippen molar-refractivity contribution in [2.24, 2.45) is 0 Å². The Morgan fingerprint density at radius 1 is 0.475 bits per heavy atom. The third-order valence-electron chi connectivity index (χ3n) is 14.2. The number of nitrogens with zero attached hydrogens (tertiary/aromatic N) is 2. The van der Waals surface area contributed by atoms with Crippen molar-refractivity contribution >= 4 is 66.7 Å². The summed E-state index contributed by atoms with van der Waals surface area (Å²) in [6, 6.07) is 39.0. The van der Waals surface area contributed by atoms with Crippen LogP contribution in [0.15, 0.2) is 97.1 Å². The molecule has 0 fully saturated rings. The number of rotatable bonds is 1. The molecule has 6 aromatic carbocycles. The summed E-state index contributed by atoms with van der Waals surface area (Å²) >= 11 is 0. The molecule has 0 saturated carbocycles. The maximum Gasteiger partial charge on any atom is 0.247 e. The van der Waals surface area contributed by atoms with Crippen LogP contribution in [0.1, 0.15) is 136 Å². The Morgan fingerprint density at radius 3 is 1.59 bits per heavy atom. The standard InChI is InChI=1S/C56H61BN2/c1-32-26-41-50-47(27-32)59-44-23-18-34(53(5,6)7)28-38(44)39-30-36(55(11,12)13)31-43(51(39)59)57(50)42-22-25-46-48(49(42)56(41,14)15)40-29-35(54(8,9)10)19-24-45(40)58(46)37-20-16-33(17-21-37)52(2,3)4/h16-31H,1-15H3. The second-order valence-corrected chi connectivity index (χ2v) is 22.9. The lowest BCUT2D eigenvalue weighted by atomic mass is 9.30. The van der Waals surface area contributed by atoms with Crippen molar-refractivity contribution in [2.75, 3.05) is 0 Å². The highest BCUT2D eigenvalue weighted by Crippen LogP contribution is 2.47. The van der Waals surface area contributed by atoms with Crippen molar-refractivity contribution in [2.45, 2.75) is 131 Å². The molecule has 0 saturated heterocycles. The molecule has 0 spiro atoms. The summed E-state index contributed by atoms with van der Waals surface area (Å²) in [5.41, 5.74) is 21.8. The molecule has 2 aromatic heterocycles. The van der Waals surface area contributed by atoms with E-state index in [1.165, 1.54) is 110 Å². The fourth-order valence-corrected chi connectivity index (χ4v) is 10.8. The van der Waals surface area contributed by atoms with Gasteiger partial charge in [-0.05, 0) is 133 Å². The first-order valence-electron chi connectivity index (χ1n) is 22.0. The third-order valence-corrected chi connectivity index (χ3v) is 14.2. The predicted molar refractivity (Wildman–Crippen MR) is 258 cm³/mol. The van der Waals surface area contributed by atoms with Crippen molar-refractivity contribution in [1.82, 2.24) is 9.13 Å². The van der Waals surface area contributed by atoms with Crippen molar-refractivity contribution in [3.63, 3.8) is 0 Å². The molecule has 2 aliphatic heterocycles. The zero-order valence-electron chi connectivity index (χ0n) is 38.2. The minimum Gasteiger partial charge on any atom is -0.310 e. The normalized spacial score (nSPS) is 15.1. The molecule has 8 aromatic rings. The van der Waals surface area contributed by atoms with Crippen molar-refractivity contribution < 1.29 is 0 Å². The number of hydrogen-bond donors (Lipinski definition) is 0. The van der Waals surface area contributed by atoms with E-state index in [4.69, 9.17) is 0 Å². The van der Waals surface area contributed by atoms with Gasteiger partial charge >= 0.3 is 0 Å². The quantitative estimate of drug-likeness (QED) is 0.147. The van der Waals surface area contributed by atoms with E-state index < -0.39 is 0 Å². The lowest BCUT2D eigenvalue weighted by molar-refractivity contribution is 0.590. The fourth-order valence-electron chi connectivity index (χ4n) is 10.8. The number of aryl methyl sites for hydroxylation is 1. The fraction of sp³-hybridized carbons (Fsp3) is 0.357. The van der Waals surface area contributed by atoms with Gasteiger partial charge in [-0.1, -0.05) is 145 Å². The van der Waals surface area contributed by atoms with E-state index in [-0.39, 0.29) is 33.8 Å². The monoisotopic (exact) mass is 772 g/mol. The first-order chi connectivity index (χ1) is 27.5. The van der Waals surface area contributed by atoms with Crippen LogP contribution in [-0.4, -0.2) is 15.8 Å². The third kappa shape index (κ3) is 5.38. The van der Waals surface area contributed by atoms with Crippen LogP contribution in [0.5, 0.6) is 0 Å². The Kier molecular flexibility index (Phi) is 7.66. The first kappa shape index (κ1) is 38.2. The molecular formula is C56H61BN2. The minimum absolute atomic E-state index is 0.0165. The average Bonchev–Trinajstić information content (AvgIpc) is 3.65. The maximum atomic E-state index is 2.64. The topological polar surface area (TPSA) is 9.86 Å². The van der Waals surface area contributed by atoms with E-state index in [9.17, 15) is 0 Å². The zero-order chi connectivity index (χ0) is 42.1. The van der Waals surface area contributed by atoms with E-state index in [2.05, 4.69) is 210 Å². The van der Waals surface area contributed by atoms with Gasteiger partial charge in [0.2, 0.25) is 6.71 Å². The molecule has 0 N–H and O–H groups in total. The number of hydrogen-bond acceptors (Lipinski definition) is 0. The van der Waals surface area contributed by atoms with Crippen molar-refractivity contribution in [3.05, 3.63) is 136 Å². The van der Waals surface area contributed by atoms with Crippen LogP contribution < -0.4 is 16.4 Å². The summed E-state index contributed by atoms with van der Waals surface area (Å²) in [4.78, 5) is 0. The smallest absolute Gasteiger partial charge is 0.247 e. The van der Waals surface area contributed by atoms with Crippen LogP contribution in [0.2, 0.25) is 0 Å². The van der Waals surface area contributed by atoms with Crippen molar-refractivity contribution in [3.8, 4) is 11.4 Å². The SMILES string of the molecule is Cc1cc2c3c(c1)C(C)(C)c1c(ccc4c1c1cc(C(C)(C)C)ccc1n4-c1ccc(C(C)(C)C)cc1)B3c1cc(C(C)(C)C)cc3c4cc(C(C)(C)C)ccc4n-2c13. The number of fused-ring (bicyclic) bond motifs is 11. The first-order valence-corrected chi connectivity index (χ1v) is 22.0. The Hall–Kier alpha value is -5.02. The second kappa shape index (κ2) is 11.8. The van der Waals surface area contributed by atoms with Crippen LogP contribution in [0.4, 0.5) is 0 Å². The zero-order valence-corrected chi connectivity index (χ0v) is 38.2. The summed E-state index contributed by atoms with van der Waals surface area (Å²) in [6.07, 6.45) is 0. The van der Waals surface area contributed by atoms with Crippen LogP contribution in [0.3, 0.4) is 0 Å². The number of aromatic nitrogens is 2. The minimum atomic E-state index is -0.269. The molecule has 4 heterocycles. The maximum absolute atomic E-state index is 2.64. The van der Waals surface area contributed by atoms with E-state index in [0.717, 1.165) is 0 Å². The molecule has 0 aliphatic carbocycles. The molecular weight excluding hydrogens is 711 g/mol. The van der Waals surface area contributed by atoms with Gasteiger partial charge in [-0.25, -0.2) is 0 Å². The van der Waals surface area contributed by atoms with Gasteiger partial charge in [0.25, 0.3) is 0 Å². The van der Waals surface area contributed by atoms with Gasteiger partial charge in [0.05, 0.1) is 16.6 Å². The molecule has 0 radical (unpaired) electrons. The summed E-state index contributed by atoms with van der Waals surface area (Å²) in [7, 11) is 0. The van der Waals surface area contributed by atoms with E-state index in [0.29, 0.717) is 0 Å². The van der Waals surface area contributed by atoms with Gasteiger partial charge in [0, 0.05) is 43.9 Å². The molecule has 0 bridgehead atoms. The van der Waals surface area contributed by atoms with Gasteiger partial charge in [-0.15, -0.1) is 0 Å². The lowest BCUT2D eigenvalue weighted by Crippen LogP contribution is -2.63. The summed E-state index contributed by atoms with van der Waals surface area (Å²) in [5.74, 6) is 0. The van der Waals surface area contributed by atoms with Crippen LogP contribution in [0, 0.1) is 6.92 Å². The van der Waals surface area contributed by atoms with Gasteiger partial charge in [-0.2, -0.15) is 0 Å². The molecule has 0 amide bonds. The van der Waals surface area contributed by atoms with Gasteiger partial charge in [0.15, 0.2) is 0 Å². The highest BCUT2D eigenvalue weighted by atomic mass is 15.0. The van der Waals surface area contributed by atoms with Crippen LogP contribution >= 0.6 is 0 Å². The average molecular weight is 773 g/mol. The van der Waals surface area contributed by atoms with E-state index in [1.807, 2.05) is 0 Å². The lowest BCUT2D eigenvalue weighted by Gasteiger charge is -2.43. The van der Waals surface area contributed by atoms with Crippen LogP contribution in [-0.2, 0) is 27.1 Å². The Labute approximate surface area is 352 Å². The van der Waals surface area contributed by atoms with Gasteiger partial charge in [0.1, 0.15) is 0 Å². The predicted octanol–water partition coefficient (Wildman–Crippen LogP) is 12.8. The van der Waals surface area contributed by atoms with Gasteiger partial charge < -0.3 is 9.13 Å². The summed E-state index contributed by atoms with van der Waals surface area (Å²) in [5, 5.41) is 5.48. The largest absolute Gasteiger partial charge is 0.310 e. The van der Waals surface area contributed by atoms with Crippen LogP contribution in [0.25, 0.3) is 55.0 Å². The molecule has 10 rings (SSSR count). The molecule has 0 atom stereocenters. The second-order valence-electron chi connectivity index (χ2n) is 22.9. The molecule has 3 heteroatoms. The Morgan fingerprint density at radius 2 is 1.00 bits per heavy atom. The van der Waals surface area contributed by atoms with Crippen molar-refractivity contribution in [1.29, 1.82) is 0 Å². The molecule has 59 heavy (non-hydrogen) atoms. The Balaban J connectivity index is 1.37. The van der Waals surface area contributed by atoms with E-state index >= 15 is 0 Å². The number of benzene rings is 6. The summed E-state index contributed by atoms with van der Waals surface area (Å²) < 4.78 is 5.19. The molecule has 298 valence electrons. The molecule has 0 unspecified atom stereocenters. The summed E-state index contributed by atoms with van der Waals surface area (Å²) in [6.45, 7) is 35.5. The highest BCUT2D eigenvalue weighted by Gasteiger charge is 2.47.